The van der Waals surface area contributed by atoms with Crippen molar-refractivity contribution in [2.24, 2.45) is 0 Å². The van der Waals surface area contributed by atoms with E-state index >= 15 is 0 Å². The number of halogens is 2. The summed E-state index contributed by atoms with van der Waals surface area (Å²) in [6, 6.07) is 4.87. The highest BCUT2D eigenvalue weighted by atomic mass is 35.5. The molecule has 2 aromatic rings. The molecule has 4 rings (SSSR count). The first-order chi connectivity index (χ1) is 15.5. The number of benzene rings is 1. The van der Waals surface area contributed by atoms with E-state index in [9.17, 15) is 9.18 Å². The number of piperazine rings is 1. The third-order valence-corrected chi connectivity index (χ3v) is 7.78. The van der Waals surface area contributed by atoms with Crippen molar-refractivity contribution in [3.8, 4) is 0 Å². The van der Waals surface area contributed by atoms with Gasteiger partial charge in [0.05, 0.1) is 17.2 Å². The van der Waals surface area contributed by atoms with E-state index in [0.29, 0.717) is 17.3 Å². The minimum Gasteiger partial charge on any atom is -0.462 e. The second-order valence-corrected chi connectivity index (χ2v) is 9.98. The summed E-state index contributed by atoms with van der Waals surface area (Å²) in [5.74, 6) is -0.658. The quantitative estimate of drug-likeness (QED) is 0.459. The maximum atomic E-state index is 13.4. The lowest BCUT2D eigenvalue weighted by molar-refractivity contribution is 0.0526. The molecule has 2 heterocycles. The van der Waals surface area contributed by atoms with E-state index < -0.39 is 5.82 Å². The van der Waals surface area contributed by atoms with Crippen molar-refractivity contribution >= 4 is 51.2 Å². The minimum absolute atomic E-state index is 0.155. The van der Waals surface area contributed by atoms with Crippen LogP contribution < -0.4 is 5.32 Å². The molecule has 0 saturated carbocycles. The lowest BCUT2D eigenvalue weighted by Gasteiger charge is -2.36. The molecule has 32 heavy (non-hydrogen) atoms. The molecule has 9 heteroatoms. The summed E-state index contributed by atoms with van der Waals surface area (Å²) in [4.78, 5) is 18.4. The number of hydrogen-bond donors (Lipinski definition) is 1. The summed E-state index contributed by atoms with van der Waals surface area (Å²) >= 11 is 13.2. The van der Waals surface area contributed by atoms with Crippen molar-refractivity contribution in [1.29, 1.82) is 0 Å². The molecular formula is C23H27ClFN3O2S2. The Labute approximate surface area is 202 Å². The Bertz CT molecular complexity index is 1010. The molecule has 0 bridgehead atoms. The second kappa shape index (κ2) is 10.5. The number of thiophene rings is 1. The maximum Gasteiger partial charge on any atom is 0.341 e. The van der Waals surface area contributed by atoms with E-state index in [1.807, 2.05) is 6.92 Å². The molecule has 0 unspecified atom stereocenters. The van der Waals surface area contributed by atoms with Crippen molar-refractivity contribution < 1.29 is 13.9 Å². The van der Waals surface area contributed by atoms with Crippen LogP contribution >= 0.6 is 35.2 Å². The Morgan fingerprint density at radius 1 is 1.25 bits per heavy atom. The number of carbonyl (C=O) groups is 1. The zero-order valence-corrected chi connectivity index (χ0v) is 20.5. The Kier molecular flexibility index (Phi) is 7.66. The van der Waals surface area contributed by atoms with Crippen molar-refractivity contribution in [2.45, 2.75) is 39.2 Å². The number of nitrogens with one attached hydrogen (secondary N) is 1. The molecule has 0 amide bonds. The molecule has 1 aromatic carbocycles. The van der Waals surface area contributed by atoms with Gasteiger partial charge in [0.2, 0.25) is 0 Å². The molecule has 1 N–H and O–H groups in total. The van der Waals surface area contributed by atoms with E-state index in [4.69, 9.17) is 28.6 Å². The molecule has 0 atom stereocenters. The summed E-state index contributed by atoms with van der Waals surface area (Å²) < 4.78 is 18.7. The number of carbonyl (C=O) groups excluding carboxylic acids is 1. The summed E-state index contributed by atoms with van der Waals surface area (Å²) in [5.41, 5.74) is 2.79. The van der Waals surface area contributed by atoms with Gasteiger partial charge < -0.3 is 15.0 Å². The SMILES string of the molecule is CCOC(=O)c1c(NC(=S)N2CCN(Cc3ccc(F)c(Cl)c3)CC2)sc2c1CCCC2. The van der Waals surface area contributed by atoms with Crippen LogP contribution in [0.2, 0.25) is 5.02 Å². The van der Waals surface area contributed by atoms with E-state index in [1.54, 1.807) is 23.5 Å². The van der Waals surface area contributed by atoms with Crippen LogP contribution in [0.3, 0.4) is 0 Å². The highest BCUT2D eigenvalue weighted by Crippen LogP contribution is 2.38. The number of fused-ring (bicyclic) bond motifs is 1. The number of ether oxygens (including phenoxy) is 1. The number of thiocarbonyl (C=S) groups is 1. The van der Waals surface area contributed by atoms with E-state index in [-0.39, 0.29) is 11.0 Å². The zero-order valence-electron chi connectivity index (χ0n) is 18.1. The fourth-order valence-corrected chi connectivity index (χ4v) is 6.08. The summed E-state index contributed by atoms with van der Waals surface area (Å²) in [6.07, 6.45) is 4.18. The van der Waals surface area contributed by atoms with Crippen LogP contribution in [0.1, 0.15) is 46.1 Å². The van der Waals surface area contributed by atoms with Gasteiger partial charge in [0.15, 0.2) is 5.11 Å². The highest BCUT2D eigenvalue weighted by Gasteiger charge is 2.28. The van der Waals surface area contributed by atoms with E-state index in [1.165, 1.54) is 10.9 Å². The molecular weight excluding hydrogens is 469 g/mol. The fraction of sp³-hybridized carbons (Fsp3) is 0.478. The largest absolute Gasteiger partial charge is 0.462 e. The zero-order chi connectivity index (χ0) is 22.7. The topological polar surface area (TPSA) is 44.8 Å². The third kappa shape index (κ3) is 5.25. The molecule has 1 aliphatic heterocycles. The van der Waals surface area contributed by atoms with Gasteiger partial charge in [-0.3, -0.25) is 4.90 Å². The number of rotatable bonds is 5. The van der Waals surface area contributed by atoms with Gasteiger partial charge in [0.25, 0.3) is 0 Å². The Hall–Kier alpha value is -1.74. The predicted molar refractivity (Wildman–Crippen MR) is 131 cm³/mol. The average Bonchev–Trinajstić information content (AvgIpc) is 3.15. The van der Waals surface area contributed by atoms with E-state index in [0.717, 1.165) is 74.5 Å². The number of hydrogen-bond acceptors (Lipinski definition) is 5. The van der Waals surface area contributed by atoms with Crippen molar-refractivity contribution in [3.63, 3.8) is 0 Å². The van der Waals surface area contributed by atoms with Gasteiger partial charge in [0.1, 0.15) is 10.8 Å². The molecule has 0 spiro atoms. The number of esters is 1. The molecule has 1 aromatic heterocycles. The van der Waals surface area contributed by atoms with Crippen LogP contribution in [0, 0.1) is 5.82 Å². The van der Waals surface area contributed by atoms with Crippen LogP contribution in [0.25, 0.3) is 0 Å². The van der Waals surface area contributed by atoms with Gasteiger partial charge in [-0.1, -0.05) is 17.7 Å². The van der Waals surface area contributed by atoms with Gasteiger partial charge in [-0.2, -0.15) is 0 Å². The standard InChI is InChI=1S/C23H27ClFN3O2S2/c1-2-30-22(29)20-16-5-3-4-6-19(16)32-21(20)26-23(31)28-11-9-27(10-12-28)14-15-7-8-18(25)17(24)13-15/h7-8,13H,2-6,9-12,14H2,1H3,(H,26,31). The first kappa shape index (κ1) is 23.4. The number of nitrogens with zero attached hydrogens (tertiary/aromatic N) is 2. The van der Waals surface area contributed by atoms with Gasteiger partial charge in [0, 0.05) is 37.6 Å². The van der Waals surface area contributed by atoms with Crippen LogP contribution in [0.5, 0.6) is 0 Å². The third-order valence-electron chi connectivity index (χ3n) is 5.92. The Balaban J connectivity index is 1.38. The van der Waals surface area contributed by atoms with Crippen molar-refractivity contribution in [2.75, 3.05) is 38.1 Å². The van der Waals surface area contributed by atoms with Crippen molar-refractivity contribution in [3.05, 3.63) is 50.6 Å². The first-order valence-corrected chi connectivity index (χ1v) is 12.6. The Morgan fingerprint density at radius 2 is 2.00 bits per heavy atom. The van der Waals surface area contributed by atoms with Gasteiger partial charge in [-0.05, 0) is 68.1 Å². The lowest BCUT2D eigenvalue weighted by Crippen LogP contribution is -2.49. The first-order valence-electron chi connectivity index (χ1n) is 11.0. The number of anilines is 1. The fourth-order valence-electron chi connectivity index (χ4n) is 4.25. The molecule has 0 radical (unpaired) electrons. The van der Waals surface area contributed by atoms with Gasteiger partial charge in [-0.15, -0.1) is 11.3 Å². The van der Waals surface area contributed by atoms with Gasteiger partial charge in [-0.25, -0.2) is 9.18 Å². The summed E-state index contributed by atoms with van der Waals surface area (Å²) in [5, 5.41) is 4.95. The molecule has 1 aliphatic carbocycles. The molecule has 1 saturated heterocycles. The van der Waals surface area contributed by atoms with E-state index in [2.05, 4.69) is 15.1 Å². The van der Waals surface area contributed by atoms with Crippen LogP contribution in [0.15, 0.2) is 18.2 Å². The monoisotopic (exact) mass is 495 g/mol. The van der Waals surface area contributed by atoms with Gasteiger partial charge >= 0.3 is 5.97 Å². The minimum atomic E-state index is -0.394. The number of aryl methyl sites for hydroxylation is 1. The normalized spacial score (nSPS) is 16.5. The molecule has 172 valence electrons. The predicted octanol–water partition coefficient (Wildman–Crippen LogP) is 5.11. The average molecular weight is 496 g/mol. The highest BCUT2D eigenvalue weighted by molar-refractivity contribution is 7.80. The summed E-state index contributed by atoms with van der Waals surface area (Å²) in [6.45, 7) is 6.13. The maximum absolute atomic E-state index is 13.4. The van der Waals surface area contributed by atoms with Crippen LogP contribution in [-0.4, -0.2) is 53.7 Å². The second-order valence-electron chi connectivity index (χ2n) is 8.08. The lowest BCUT2D eigenvalue weighted by atomic mass is 9.95. The Morgan fingerprint density at radius 3 is 2.72 bits per heavy atom. The molecule has 1 fully saturated rings. The van der Waals surface area contributed by atoms with Crippen LogP contribution in [0.4, 0.5) is 9.39 Å². The smallest absolute Gasteiger partial charge is 0.341 e. The van der Waals surface area contributed by atoms with Crippen molar-refractivity contribution in [1.82, 2.24) is 9.80 Å². The van der Waals surface area contributed by atoms with Crippen LogP contribution in [-0.2, 0) is 24.1 Å². The molecule has 2 aliphatic rings. The summed E-state index contributed by atoms with van der Waals surface area (Å²) in [7, 11) is 0. The molecule has 5 nitrogen and oxygen atoms in total.